The van der Waals surface area contributed by atoms with E-state index in [1.807, 2.05) is 4.68 Å². The van der Waals surface area contributed by atoms with Gasteiger partial charge in [-0.3, -0.25) is 0 Å². The number of benzene rings is 1. The molecule has 0 amide bonds. The molecule has 4 heteroatoms. The van der Waals surface area contributed by atoms with Gasteiger partial charge in [-0.2, -0.15) is 5.10 Å². The molecule has 0 aliphatic carbocycles. The van der Waals surface area contributed by atoms with E-state index in [-0.39, 0.29) is 5.54 Å². The van der Waals surface area contributed by atoms with Crippen LogP contribution in [0.4, 0.5) is 0 Å². The Bertz CT molecular complexity index is 483. The van der Waals surface area contributed by atoms with Gasteiger partial charge in [0.15, 0.2) is 0 Å². The largest absolute Gasteiger partial charge is 0.308 e. The molecule has 0 saturated carbocycles. The summed E-state index contributed by atoms with van der Waals surface area (Å²) in [5, 5.41) is 7.61. The lowest BCUT2D eigenvalue weighted by Crippen LogP contribution is -2.35. The Morgan fingerprint density at radius 3 is 2.67 bits per heavy atom. The Morgan fingerprint density at radius 1 is 1.22 bits per heavy atom. The number of aromatic nitrogens is 3. The van der Waals surface area contributed by atoms with Gasteiger partial charge in [0.1, 0.15) is 12.7 Å². The maximum absolute atomic E-state index is 4.12. The summed E-state index contributed by atoms with van der Waals surface area (Å²) in [6, 6.07) is 8.55. The highest BCUT2D eigenvalue weighted by Crippen LogP contribution is 2.08. The lowest BCUT2D eigenvalue weighted by atomic mass is 10.1. The Morgan fingerprint density at radius 2 is 2.00 bits per heavy atom. The third-order valence-corrected chi connectivity index (χ3v) is 2.63. The van der Waals surface area contributed by atoms with E-state index < -0.39 is 0 Å². The molecule has 2 rings (SSSR count). The molecule has 1 aromatic carbocycles. The Hall–Kier alpha value is -1.68. The molecule has 0 aliphatic heterocycles. The minimum atomic E-state index is 0.141. The average Bonchev–Trinajstić information content (AvgIpc) is 2.79. The van der Waals surface area contributed by atoms with Gasteiger partial charge in [0, 0.05) is 12.1 Å². The van der Waals surface area contributed by atoms with Crippen molar-refractivity contribution in [3.05, 3.63) is 48.0 Å². The molecule has 0 bridgehead atoms. The zero-order chi connectivity index (χ0) is 13.0. The number of rotatable bonds is 4. The van der Waals surface area contributed by atoms with Crippen molar-refractivity contribution in [2.24, 2.45) is 0 Å². The van der Waals surface area contributed by atoms with Crippen molar-refractivity contribution in [2.45, 2.75) is 39.4 Å². The Labute approximate surface area is 108 Å². The molecule has 0 saturated heterocycles. The topological polar surface area (TPSA) is 42.7 Å². The molecule has 4 nitrogen and oxygen atoms in total. The molecule has 1 heterocycles. The molecule has 0 radical (unpaired) electrons. The summed E-state index contributed by atoms with van der Waals surface area (Å²) in [6.07, 6.45) is 3.30. The molecule has 0 atom stereocenters. The van der Waals surface area contributed by atoms with Crippen molar-refractivity contribution >= 4 is 0 Å². The minimum absolute atomic E-state index is 0.141. The van der Waals surface area contributed by atoms with E-state index in [1.165, 1.54) is 11.1 Å². The predicted octanol–water partition coefficient (Wildman–Crippen LogP) is 2.21. The fraction of sp³-hybridized carbons (Fsp3) is 0.429. The molecule has 0 fully saturated rings. The molecule has 18 heavy (non-hydrogen) atoms. The van der Waals surface area contributed by atoms with Crippen molar-refractivity contribution in [3.63, 3.8) is 0 Å². The van der Waals surface area contributed by atoms with Gasteiger partial charge in [0.25, 0.3) is 0 Å². The van der Waals surface area contributed by atoms with Crippen LogP contribution in [0.25, 0.3) is 0 Å². The predicted molar refractivity (Wildman–Crippen MR) is 72.2 cm³/mol. The number of nitrogens with one attached hydrogen (secondary N) is 1. The van der Waals surface area contributed by atoms with E-state index in [0.29, 0.717) is 0 Å². The molecule has 1 N–H and O–H groups in total. The minimum Gasteiger partial charge on any atom is -0.308 e. The first-order valence-corrected chi connectivity index (χ1v) is 6.18. The molecular weight excluding hydrogens is 224 g/mol. The second kappa shape index (κ2) is 5.31. The summed E-state index contributed by atoms with van der Waals surface area (Å²) >= 11 is 0. The van der Waals surface area contributed by atoms with E-state index in [0.717, 1.165) is 13.1 Å². The van der Waals surface area contributed by atoms with Crippen LogP contribution in [0.1, 0.15) is 31.9 Å². The van der Waals surface area contributed by atoms with Crippen LogP contribution in [0, 0.1) is 0 Å². The smallest absolute Gasteiger partial charge is 0.137 e. The van der Waals surface area contributed by atoms with Crippen LogP contribution in [0.3, 0.4) is 0 Å². The highest BCUT2D eigenvalue weighted by atomic mass is 15.3. The average molecular weight is 244 g/mol. The summed E-state index contributed by atoms with van der Waals surface area (Å²) in [5.74, 6) is 0. The highest BCUT2D eigenvalue weighted by molar-refractivity contribution is 5.23. The fourth-order valence-corrected chi connectivity index (χ4v) is 1.71. The van der Waals surface area contributed by atoms with E-state index in [1.54, 1.807) is 12.7 Å². The van der Waals surface area contributed by atoms with Crippen LogP contribution >= 0.6 is 0 Å². The van der Waals surface area contributed by atoms with Crippen LogP contribution in [0.5, 0.6) is 0 Å². The number of hydrogen-bond donors (Lipinski definition) is 1. The maximum atomic E-state index is 4.12. The SMILES string of the molecule is CC(C)(C)NCc1cccc(Cn2cncn2)c1. The molecular formula is C14H20N4. The van der Waals surface area contributed by atoms with Crippen molar-refractivity contribution in [2.75, 3.05) is 0 Å². The first-order chi connectivity index (χ1) is 8.53. The lowest BCUT2D eigenvalue weighted by molar-refractivity contribution is 0.424. The van der Waals surface area contributed by atoms with Crippen LogP contribution < -0.4 is 5.32 Å². The standard InChI is InChI=1S/C14H20N4/c1-14(2,3)16-8-12-5-4-6-13(7-12)9-18-11-15-10-17-18/h4-7,10-11,16H,8-9H2,1-3H3. The van der Waals surface area contributed by atoms with E-state index >= 15 is 0 Å². The summed E-state index contributed by atoms with van der Waals surface area (Å²) in [5.41, 5.74) is 2.68. The van der Waals surface area contributed by atoms with Gasteiger partial charge < -0.3 is 5.32 Å². The summed E-state index contributed by atoms with van der Waals surface area (Å²) in [6.45, 7) is 8.17. The second-order valence-corrected chi connectivity index (χ2v) is 5.52. The van der Waals surface area contributed by atoms with Crippen LogP contribution in [0.15, 0.2) is 36.9 Å². The molecule has 2 aromatic rings. The van der Waals surface area contributed by atoms with Crippen molar-refractivity contribution in [1.82, 2.24) is 20.1 Å². The Balaban J connectivity index is 2.01. The molecule has 0 unspecified atom stereocenters. The van der Waals surface area contributed by atoms with Crippen molar-refractivity contribution in [3.8, 4) is 0 Å². The first-order valence-electron chi connectivity index (χ1n) is 6.18. The summed E-state index contributed by atoms with van der Waals surface area (Å²) in [4.78, 5) is 3.95. The number of hydrogen-bond acceptors (Lipinski definition) is 3. The monoisotopic (exact) mass is 244 g/mol. The molecule has 0 spiro atoms. The van der Waals surface area contributed by atoms with Gasteiger partial charge >= 0.3 is 0 Å². The fourth-order valence-electron chi connectivity index (χ4n) is 1.71. The van der Waals surface area contributed by atoms with Gasteiger partial charge in [-0.25, -0.2) is 9.67 Å². The van der Waals surface area contributed by atoms with Gasteiger partial charge in [0.2, 0.25) is 0 Å². The highest BCUT2D eigenvalue weighted by Gasteiger charge is 2.08. The van der Waals surface area contributed by atoms with Gasteiger partial charge in [-0.05, 0) is 31.9 Å². The first kappa shape index (κ1) is 12.8. The van der Waals surface area contributed by atoms with Gasteiger partial charge in [-0.1, -0.05) is 24.3 Å². The van der Waals surface area contributed by atoms with E-state index in [4.69, 9.17) is 0 Å². The van der Waals surface area contributed by atoms with Crippen molar-refractivity contribution in [1.29, 1.82) is 0 Å². The maximum Gasteiger partial charge on any atom is 0.137 e. The summed E-state index contributed by atoms with van der Waals surface area (Å²) < 4.78 is 1.83. The number of nitrogens with zero attached hydrogens (tertiary/aromatic N) is 3. The van der Waals surface area contributed by atoms with Crippen LogP contribution in [-0.4, -0.2) is 20.3 Å². The van der Waals surface area contributed by atoms with E-state index in [2.05, 4.69) is 60.4 Å². The van der Waals surface area contributed by atoms with Gasteiger partial charge in [0.05, 0.1) is 6.54 Å². The lowest BCUT2D eigenvalue weighted by Gasteiger charge is -2.20. The normalized spacial score (nSPS) is 11.7. The quantitative estimate of drug-likeness (QED) is 0.896. The molecule has 0 aliphatic rings. The molecule has 96 valence electrons. The van der Waals surface area contributed by atoms with Crippen LogP contribution in [-0.2, 0) is 13.1 Å². The van der Waals surface area contributed by atoms with Gasteiger partial charge in [-0.15, -0.1) is 0 Å². The molecule has 1 aromatic heterocycles. The van der Waals surface area contributed by atoms with Crippen LogP contribution in [0.2, 0.25) is 0 Å². The third kappa shape index (κ3) is 3.96. The van der Waals surface area contributed by atoms with E-state index in [9.17, 15) is 0 Å². The zero-order valence-corrected chi connectivity index (χ0v) is 11.2. The Kier molecular flexibility index (Phi) is 3.77. The zero-order valence-electron chi connectivity index (χ0n) is 11.2. The third-order valence-electron chi connectivity index (χ3n) is 2.63. The summed E-state index contributed by atoms with van der Waals surface area (Å²) in [7, 11) is 0. The second-order valence-electron chi connectivity index (χ2n) is 5.52. The van der Waals surface area contributed by atoms with Crippen molar-refractivity contribution < 1.29 is 0 Å².